The smallest absolute Gasteiger partial charge is 0.431 e. The Kier molecular flexibility index (Phi) is 5.14. The maximum atomic E-state index is 13.0. The summed E-state index contributed by atoms with van der Waals surface area (Å²) in [6.07, 6.45) is -0.863. The Morgan fingerprint density at radius 2 is 1.96 bits per heavy atom. The van der Waals surface area contributed by atoms with E-state index in [0.29, 0.717) is 5.69 Å². The molecule has 1 N–H and O–H groups in total. The quantitative estimate of drug-likeness (QED) is 0.649. The number of hydroxylamine groups is 1. The fraction of sp³-hybridized carbons (Fsp3) is 0.333. The molecule has 0 saturated heterocycles. The Hall–Kier alpha value is -2.94. The van der Waals surface area contributed by atoms with E-state index in [1.807, 2.05) is 6.07 Å². The van der Waals surface area contributed by atoms with Crippen molar-refractivity contribution in [1.29, 1.82) is 0 Å². The van der Waals surface area contributed by atoms with Crippen molar-refractivity contribution < 1.29 is 24.0 Å². The number of methoxy groups -OCH3 is 1. The number of nitrogens with one attached hydrogen (secondary N) is 1. The van der Waals surface area contributed by atoms with Crippen LogP contribution >= 0.6 is 0 Å². The van der Waals surface area contributed by atoms with Crippen molar-refractivity contribution in [2.75, 3.05) is 19.2 Å². The summed E-state index contributed by atoms with van der Waals surface area (Å²) in [5, 5.41) is 9.21. The number of rotatable bonds is 5. The number of benzene rings is 1. The minimum atomic E-state index is -1.72. The topological polar surface area (TPSA) is 102 Å². The number of hydrogen-bond donors (Lipinski definition) is 1. The third kappa shape index (κ3) is 2.93. The van der Waals surface area contributed by atoms with E-state index < -0.39 is 17.6 Å². The number of hydrogen-bond acceptors (Lipinski definition) is 7. The van der Waals surface area contributed by atoms with Gasteiger partial charge in [0.15, 0.2) is 0 Å². The average Bonchev–Trinajstić information content (AvgIpc) is 2.85. The summed E-state index contributed by atoms with van der Waals surface area (Å²) in [5.74, 6) is -0.541. The maximum Gasteiger partial charge on any atom is 0.431 e. The van der Waals surface area contributed by atoms with E-state index in [9.17, 15) is 9.59 Å². The van der Waals surface area contributed by atoms with Gasteiger partial charge in [0.25, 0.3) is 11.5 Å². The number of ether oxygens (including phenoxy) is 1. The molecule has 1 aromatic rings. The van der Waals surface area contributed by atoms with Gasteiger partial charge in [-0.05, 0) is 26.0 Å². The lowest BCUT2D eigenvalue weighted by molar-refractivity contribution is -0.133. The van der Waals surface area contributed by atoms with Gasteiger partial charge in [-0.3, -0.25) is 4.79 Å². The van der Waals surface area contributed by atoms with Crippen LogP contribution in [-0.4, -0.2) is 43.2 Å². The van der Waals surface area contributed by atoms with Crippen LogP contribution < -0.4 is 10.5 Å². The Labute approximate surface area is 138 Å². The zero-order valence-corrected chi connectivity index (χ0v) is 13.8. The highest BCUT2D eigenvalue weighted by Gasteiger charge is 2.55. The van der Waals surface area contributed by atoms with Gasteiger partial charge in [0, 0.05) is 0 Å². The molecule has 0 fully saturated rings. The summed E-state index contributed by atoms with van der Waals surface area (Å²) in [7, 11) is 2.51. The molecule has 1 aliphatic heterocycles. The van der Waals surface area contributed by atoms with E-state index in [1.54, 1.807) is 31.2 Å². The second-order valence-corrected chi connectivity index (χ2v) is 4.87. The van der Waals surface area contributed by atoms with Crippen LogP contribution in [0.3, 0.4) is 0 Å². The van der Waals surface area contributed by atoms with Gasteiger partial charge in [-0.15, -0.1) is 0 Å². The van der Waals surface area contributed by atoms with E-state index >= 15 is 0 Å². The minimum absolute atomic E-state index is 0.172. The van der Waals surface area contributed by atoms with Gasteiger partial charge >= 0.3 is 6.09 Å². The van der Waals surface area contributed by atoms with E-state index in [2.05, 4.69) is 20.5 Å². The largest absolute Gasteiger partial charge is 0.451 e. The molecule has 0 bridgehead atoms. The fourth-order valence-corrected chi connectivity index (χ4v) is 2.28. The molecule has 1 aliphatic rings. The van der Waals surface area contributed by atoms with Crippen LogP contribution in [0.1, 0.15) is 13.8 Å². The van der Waals surface area contributed by atoms with E-state index in [1.165, 1.54) is 26.2 Å². The van der Waals surface area contributed by atoms with Crippen LogP contribution in [0.4, 0.5) is 10.5 Å². The lowest BCUT2D eigenvalue weighted by atomic mass is 9.93. The number of oxime groups is 1. The third-order valence-electron chi connectivity index (χ3n) is 3.46. The molecule has 1 heterocycles. The summed E-state index contributed by atoms with van der Waals surface area (Å²) in [6, 6.07) is 8.82. The molecule has 128 valence electrons. The van der Waals surface area contributed by atoms with E-state index in [0.717, 1.165) is 0 Å². The highest BCUT2D eigenvalue weighted by Crippen LogP contribution is 2.30. The summed E-state index contributed by atoms with van der Waals surface area (Å²) in [6.45, 7) is 3.13. The lowest BCUT2D eigenvalue weighted by Crippen LogP contribution is -2.57. The highest BCUT2D eigenvalue weighted by molar-refractivity contribution is 6.35. The van der Waals surface area contributed by atoms with Crippen LogP contribution in [-0.2, 0) is 19.2 Å². The first kappa shape index (κ1) is 17.4. The van der Waals surface area contributed by atoms with Crippen LogP contribution in [0.2, 0.25) is 0 Å². The van der Waals surface area contributed by atoms with Crippen molar-refractivity contribution in [3.05, 3.63) is 30.3 Å². The number of anilines is 1. The molecule has 0 aromatic heterocycles. The van der Waals surface area contributed by atoms with Crippen molar-refractivity contribution in [3.8, 4) is 0 Å². The molecule has 0 saturated carbocycles. The second kappa shape index (κ2) is 7.09. The van der Waals surface area contributed by atoms with Gasteiger partial charge in [-0.2, -0.15) is 15.6 Å². The lowest BCUT2D eigenvalue weighted by Gasteiger charge is -2.26. The molecule has 9 heteroatoms. The first-order valence-corrected chi connectivity index (χ1v) is 7.02. The summed E-state index contributed by atoms with van der Waals surface area (Å²) >= 11 is 0. The van der Waals surface area contributed by atoms with Gasteiger partial charge in [0.1, 0.15) is 12.8 Å². The number of nitrogens with zero attached hydrogens (tertiary/aromatic N) is 3. The summed E-state index contributed by atoms with van der Waals surface area (Å²) < 4.78 is 4.47. The van der Waals surface area contributed by atoms with Gasteiger partial charge in [0.2, 0.25) is 0 Å². The predicted octanol–water partition coefficient (Wildman–Crippen LogP) is 1.46. The molecule has 1 aromatic carbocycles. The molecule has 2 amide bonds. The van der Waals surface area contributed by atoms with Crippen LogP contribution in [0.5, 0.6) is 0 Å². The van der Waals surface area contributed by atoms with E-state index in [-0.39, 0.29) is 11.4 Å². The van der Waals surface area contributed by atoms with Crippen molar-refractivity contribution in [2.45, 2.75) is 19.4 Å². The SMILES string of the molecule is CON=C(C)C1(ONC(=O)OC)C(=O)N(c2ccccc2)N=C1C. The molecule has 0 aliphatic carbocycles. The van der Waals surface area contributed by atoms with Gasteiger partial charge in [-0.1, -0.05) is 23.4 Å². The molecule has 2 rings (SSSR count). The minimum Gasteiger partial charge on any atom is -0.451 e. The zero-order chi connectivity index (χ0) is 17.7. The molecule has 0 spiro atoms. The molecule has 9 nitrogen and oxygen atoms in total. The molecule has 24 heavy (non-hydrogen) atoms. The van der Waals surface area contributed by atoms with Crippen molar-refractivity contribution in [1.82, 2.24) is 5.48 Å². The Balaban J connectivity index is 2.43. The molecular weight excluding hydrogens is 316 g/mol. The van der Waals surface area contributed by atoms with Crippen LogP contribution in [0.25, 0.3) is 0 Å². The maximum absolute atomic E-state index is 13.0. The van der Waals surface area contributed by atoms with Crippen molar-refractivity contribution >= 4 is 29.1 Å². The average molecular weight is 334 g/mol. The van der Waals surface area contributed by atoms with E-state index in [4.69, 9.17) is 9.68 Å². The molecule has 0 radical (unpaired) electrons. The zero-order valence-electron chi connectivity index (χ0n) is 13.8. The predicted molar refractivity (Wildman–Crippen MR) is 86.5 cm³/mol. The van der Waals surface area contributed by atoms with Crippen molar-refractivity contribution in [2.24, 2.45) is 10.3 Å². The Morgan fingerprint density at radius 1 is 1.29 bits per heavy atom. The van der Waals surface area contributed by atoms with Crippen LogP contribution in [0.15, 0.2) is 40.6 Å². The Morgan fingerprint density at radius 3 is 2.54 bits per heavy atom. The standard InChI is InChI=1S/C15H18N4O5/c1-10-15(11(2)17-23-4,24-18-14(21)22-3)13(20)19(16-10)12-8-6-5-7-9-12/h5-9H,1-4H3,(H,18,21). The third-order valence-corrected chi connectivity index (χ3v) is 3.46. The number of hydrazone groups is 1. The number of carbonyl (C=O) groups is 2. The second-order valence-electron chi connectivity index (χ2n) is 4.87. The molecule has 1 atom stereocenters. The number of amides is 2. The fourth-order valence-electron chi connectivity index (χ4n) is 2.28. The summed E-state index contributed by atoms with van der Waals surface area (Å²) in [4.78, 5) is 34.5. The molecular formula is C15H18N4O5. The van der Waals surface area contributed by atoms with Crippen molar-refractivity contribution in [3.63, 3.8) is 0 Å². The number of carbonyl (C=O) groups excluding carboxylic acids is 2. The van der Waals surface area contributed by atoms with Gasteiger partial charge in [-0.25, -0.2) is 9.63 Å². The first-order valence-electron chi connectivity index (χ1n) is 7.02. The van der Waals surface area contributed by atoms with Gasteiger partial charge < -0.3 is 9.57 Å². The monoisotopic (exact) mass is 334 g/mol. The molecule has 1 unspecified atom stereocenters. The number of para-hydroxylation sites is 1. The summed E-state index contributed by atoms with van der Waals surface area (Å²) in [5.41, 5.74) is 1.35. The van der Waals surface area contributed by atoms with Gasteiger partial charge in [0.05, 0.1) is 18.5 Å². The first-order chi connectivity index (χ1) is 11.5. The Bertz CT molecular complexity index is 688. The normalized spacial score (nSPS) is 20.7. The highest BCUT2D eigenvalue weighted by atomic mass is 16.7. The van der Waals surface area contributed by atoms with Crippen LogP contribution in [0, 0.1) is 0 Å².